The van der Waals surface area contributed by atoms with Crippen LogP contribution in [0.15, 0.2) is 0 Å². The molecule has 0 aromatic carbocycles. The van der Waals surface area contributed by atoms with Gasteiger partial charge in [-0.2, -0.15) is 0 Å². The zero-order valence-electron chi connectivity index (χ0n) is 33.9. The van der Waals surface area contributed by atoms with Crippen LogP contribution in [-0.2, 0) is 74.9 Å². The number of ketones is 2. The number of Topliss-reactive ketones (excluding diaryl/α,β-unsaturated/α-hetero) is 2. The Morgan fingerprint density at radius 2 is 0.914 bits per heavy atom. The van der Waals surface area contributed by atoms with Crippen LogP contribution < -0.4 is 21.3 Å². The molecule has 0 heterocycles. The van der Waals surface area contributed by atoms with Crippen LogP contribution in [-0.4, -0.2) is 141 Å². The highest BCUT2D eigenvalue weighted by Gasteiger charge is 2.26. The van der Waals surface area contributed by atoms with Crippen LogP contribution >= 0.6 is 15.6 Å². The Bertz CT molecular complexity index is 1300. The van der Waals surface area contributed by atoms with Crippen molar-refractivity contribution in [2.45, 2.75) is 104 Å². The summed E-state index contributed by atoms with van der Waals surface area (Å²) < 4.78 is 65.7. The maximum Gasteiger partial charge on any atom is 0.472 e. The molecule has 0 fully saturated rings. The molecule has 0 rings (SSSR count). The third-order valence-electron chi connectivity index (χ3n) is 7.09. The molecule has 0 saturated carbocycles. The fourth-order valence-electron chi connectivity index (χ4n) is 4.47. The average molecular weight is 879 g/mol. The topological polar surface area (TPSA) is 316 Å². The third kappa shape index (κ3) is 31.6. The van der Waals surface area contributed by atoms with E-state index in [4.69, 9.17) is 37.0 Å². The molecule has 0 radical (unpaired) electrons. The fraction of sp³-hybridized carbons (Fsp3) is 0.788. The molecule has 0 aromatic rings. The first-order chi connectivity index (χ1) is 27.2. The van der Waals surface area contributed by atoms with E-state index in [1.807, 2.05) is 13.8 Å². The van der Waals surface area contributed by atoms with Crippen LogP contribution in [0.5, 0.6) is 0 Å². The summed E-state index contributed by atoms with van der Waals surface area (Å²) in [5.74, 6) is -3.06. The zero-order valence-corrected chi connectivity index (χ0v) is 35.6. The smallest absolute Gasteiger partial charge is 0.462 e. The molecule has 4 amide bonds. The molecule has 58 heavy (non-hydrogen) atoms. The molecule has 23 nitrogen and oxygen atoms in total. The standard InChI is InChI=1S/C33H60N4O19P2/c1-7-29(55-25(5)40)9-13-49-19-27(36-31(42)17-23(3)38)21-53-57(45,46)51-15-11-34-33(44)35-12-16-52-58(47,48)54-22-28(37-32(43)18-24(4)39)20-50-14-10-30(8-2)56-26(6)41/h27-30H,7-22H2,1-6H3,(H,36,42)(H,37,43)(H,45,46)(H,47,48)(H2,34,35,44)/t27-,28-,29-,30-/m1/s1. The highest BCUT2D eigenvalue weighted by Crippen LogP contribution is 2.43. The van der Waals surface area contributed by atoms with Gasteiger partial charge in [-0.3, -0.25) is 46.9 Å². The van der Waals surface area contributed by atoms with Crippen molar-refractivity contribution in [1.82, 2.24) is 21.3 Å². The van der Waals surface area contributed by atoms with Crippen molar-refractivity contribution in [2.75, 3.05) is 65.9 Å². The van der Waals surface area contributed by atoms with Gasteiger partial charge in [-0.05, 0) is 26.7 Å². The number of rotatable bonds is 34. The number of carbonyl (C=O) groups excluding carboxylic acids is 7. The molecule has 0 aliphatic carbocycles. The quantitative estimate of drug-likeness (QED) is 0.0227. The van der Waals surface area contributed by atoms with Gasteiger partial charge in [0.15, 0.2) is 0 Å². The van der Waals surface area contributed by atoms with Crippen LogP contribution in [0.3, 0.4) is 0 Å². The Labute approximate surface area is 337 Å². The molecule has 0 aliphatic rings. The number of nitrogens with one attached hydrogen (secondary N) is 4. The van der Waals surface area contributed by atoms with Gasteiger partial charge in [-0.15, -0.1) is 0 Å². The van der Waals surface area contributed by atoms with E-state index >= 15 is 0 Å². The van der Waals surface area contributed by atoms with Crippen LogP contribution in [0.25, 0.3) is 0 Å². The summed E-state index contributed by atoms with van der Waals surface area (Å²) >= 11 is 0. The summed E-state index contributed by atoms with van der Waals surface area (Å²) in [6.07, 6.45) is 0.131. The largest absolute Gasteiger partial charge is 0.472 e. The van der Waals surface area contributed by atoms with Gasteiger partial charge in [0, 0.05) is 39.8 Å². The zero-order chi connectivity index (χ0) is 44.1. The molecule has 336 valence electrons. The molecule has 25 heteroatoms. The van der Waals surface area contributed by atoms with Gasteiger partial charge in [-0.1, -0.05) is 13.8 Å². The lowest BCUT2D eigenvalue weighted by atomic mass is 10.2. The Kier molecular flexibility index (Phi) is 28.9. The van der Waals surface area contributed by atoms with Crippen molar-refractivity contribution < 1.29 is 89.5 Å². The molecule has 6 atom stereocenters. The maximum atomic E-state index is 12.4. The number of phosphoric ester groups is 2. The van der Waals surface area contributed by atoms with Gasteiger partial charge in [0.25, 0.3) is 0 Å². The first kappa shape index (κ1) is 54.6. The van der Waals surface area contributed by atoms with Crippen molar-refractivity contribution in [3.05, 3.63) is 0 Å². The maximum absolute atomic E-state index is 12.4. The molecule has 0 spiro atoms. The summed E-state index contributed by atoms with van der Waals surface area (Å²) in [6, 6.07) is -2.73. The van der Waals surface area contributed by atoms with Crippen molar-refractivity contribution >= 4 is 57.0 Å². The van der Waals surface area contributed by atoms with Gasteiger partial charge < -0.3 is 50.0 Å². The average Bonchev–Trinajstić information content (AvgIpc) is 3.11. The minimum Gasteiger partial charge on any atom is -0.462 e. The highest BCUT2D eigenvalue weighted by atomic mass is 31.2. The van der Waals surface area contributed by atoms with Gasteiger partial charge in [0.05, 0.1) is 77.8 Å². The number of urea groups is 1. The normalized spacial score (nSPS) is 15.3. The van der Waals surface area contributed by atoms with Crippen LogP contribution in [0, 0.1) is 0 Å². The van der Waals surface area contributed by atoms with Crippen molar-refractivity contribution in [3.8, 4) is 0 Å². The van der Waals surface area contributed by atoms with Crippen molar-refractivity contribution in [3.63, 3.8) is 0 Å². The predicted octanol–water partition coefficient (Wildman–Crippen LogP) is 0.977. The lowest BCUT2D eigenvalue weighted by Crippen LogP contribution is -2.42. The molecule has 0 bridgehead atoms. The molecular formula is C33H60N4O19P2. The van der Waals surface area contributed by atoms with Crippen LogP contribution in [0.4, 0.5) is 4.79 Å². The second-order valence-electron chi connectivity index (χ2n) is 12.7. The summed E-state index contributed by atoms with van der Waals surface area (Å²) in [7, 11) is -9.40. The van der Waals surface area contributed by atoms with Crippen molar-refractivity contribution in [2.24, 2.45) is 0 Å². The molecular weight excluding hydrogens is 818 g/mol. The first-order valence-corrected chi connectivity index (χ1v) is 21.5. The van der Waals surface area contributed by atoms with E-state index < -0.39 is 108 Å². The third-order valence-corrected chi connectivity index (χ3v) is 9.06. The van der Waals surface area contributed by atoms with Crippen LogP contribution in [0.2, 0.25) is 0 Å². The second kappa shape index (κ2) is 30.6. The molecule has 2 unspecified atom stereocenters. The number of hydrogen-bond donors (Lipinski definition) is 6. The van der Waals surface area contributed by atoms with Gasteiger partial charge in [-0.25, -0.2) is 13.9 Å². The minimum absolute atomic E-state index is 0.120. The second-order valence-corrected chi connectivity index (χ2v) is 15.6. The number of amides is 4. The fourth-order valence-corrected chi connectivity index (χ4v) is 6.00. The number of esters is 2. The van der Waals surface area contributed by atoms with Crippen LogP contribution in [0.1, 0.15) is 80.1 Å². The van der Waals surface area contributed by atoms with E-state index in [0.717, 1.165) is 0 Å². The first-order valence-electron chi connectivity index (χ1n) is 18.5. The van der Waals surface area contributed by atoms with Gasteiger partial charge >= 0.3 is 33.6 Å². The molecule has 0 saturated heterocycles. The Morgan fingerprint density at radius 3 is 1.22 bits per heavy atom. The van der Waals surface area contributed by atoms with Crippen molar-refractivity contribution in [1.29, 1.82) is 0 Å². The number of hydrogen-bond acceptors (Lipinski definition) is 17. The Hall–Kier alpha value is -3.37. The summed E-state index contributed by atoms with van der Waals surface area (Å²) in [5.41, 5.74) is 0. The SMILES string of the molecule is CC[C@H](CCOC[C@H](COP(=O)(O)OCCNC(=O)NCCOP(=O)(O)OC[C@@H](COCC[C@@H](CC)OC(C)=O)NC(=O)CC(C)=O)NC(=O)CC(C)=O)OC(C)=O. The minimum atomic E-state index is -4.70. The molecule has 6 N–H and O–H groups in total. The van der Waals surface area contributed by atoms with Gasteiger partial charge in [0.1, 0.15) is 23.8 Å². The number of carbonyl (C=O) groups is 7. The molecule has 0 aromatic heterocycles. The van der Waals surface area contributed by atoms with E-state index in [2.05, 4.69) is 21.3 Å². The van der Waals surface area contributed by atoms with E-state index in [9.17, 15) is 52.5 Å². The predicted molar refractivity (Wildman–Crippen MR) is 202 cm³/mol. The van der Waals surface area contributed by atoms with E-state index in [1.165, 1.54) is 27.7 Å². The van der Waals surface area contributed by atoms with E-state index in [0.29, 0.717) is 25.7 Å². The summed E-state index contributed by atoms with van der Waals surface area (Å²) in [6.45, 7) is 5.84. The Morgan fingerprint density at radius 1 is 0.552 bits per heavy atom. The summed E-state index contributed by atoms with van der Waals surface area (Å²) in [4.78, 5) is 102. The summed E-state index contributed by atoms with van der Waals surface area (Å²) in [5, 5.41) is 9.57. The Balaban J connectivity index is 4.72. The van der Waals surface area contributed by atoms with Gasteiger partial charge in [0.2, 0.25) is 11.8 Å². The highest BCUT2D eigenvalue weighted by molar-refractivity contribution is 7.47. The number of phosphoric acid groups is 2. The van der Waals surface area contributed by atoms with E-state index in [1.54, 1.807) is 0 Å². The lowest BCUT2D eigenvalue weighted by molar-refractivity contribution is -0.148. The lowest BCUT2D eigenvalue weighted by Gasteiger charge is -2.21. The molecule has 0 aliphatic heterocycles. The van der Waals surface area contributed by atoms with E-state index in [-0.39, 0.29) is 51.7 Å². The monoisotopic (exact) mass is 878 g/mol. The number of ether oxygens (including phenoxy) is 4.